The number of hydrogen-bond donors (Lipinski definition) is 2. The zero-order chi connectivity index (χ0) is 15.8. The third-order valence-corrected chi connectivity index (χ3v) is 3.57. The van der Waals surface area contributed by atoms with Crippen molar-refractivity contribution in [1.82, 2.24) is 4.98 Å². The van der Waals surface area contributed by atoms with Crippen LogP contribution in [0.5, 0.6) is 0 Å². The number of piperidine rings is 1. The van der Waals surface area contributed by atoms with E-state index in [1.54, 1.807) is 11.8 Å². The number of hydrogen-bond acceptors (Lipinski definition) is 4. The number of carbonyl (C=O) groups is 1. The van der Waals surface area contributed by atoms with Crippen LogP contribution in [0.4, 0.5) is 19.0 Å². The van der Waals surface area contributed by atoms with E-state index in [2.05, 4.69) is 4.98 Å². The molecule has 0 bridgehead atoms. The van der Waals surface area contributed by atoms with Crippen LogP contribution in [-0.4, -0.2) is 34.7 Å². The predicted octanol–water partition coefficient (Wildman–Crippen LogP) is 1.55. The quantitative estimate of drug-likeness (QED) is 0.869. The number of nitrogens with zero attached hydrogens (tertiary/aromatic N) is 2. The molecule has 1 saturated heterocycles. The van der Waals surface area contributed by atoms with E-state index in [-0.39, 0.29) is 11.4 Å². The van der Waals surface area contributed by atoms with Gasteiger partial charge in [-0.2, -0.15) is 13.2 Å². The molecule has 2 rings (SSSR count). The third-order valence-electron chi connectivity index (χ3n) is 3.57. The van der Waals surface area contributed by atoms with E-state index >= 15 is 0 Å². The fourth-order valence-corrected chi connectivity index (χ4v) is 2.24. The van der Waals surface area contributed by atoms with Gasteiger partial charge in [-0.05, 0) is 31.9 Å². The monoisotopic (exact) mass is 303 g/mol. The molecule has 0 saturated carbocycles. The van der Waals surface area contributed by atoms with Crippen LogP contribution in [0.1, 0.15) is 35.8 Å². The Hall–Kier alpha value is -1.83. The summed E-state index contributed by atoms with van der Waals surface area (Å²) in [5, 5.41) is 9.88. The molecule has 1 aliphatic heterocycles. The summed E-state index contributed by atoms with van der Waals surface area (Å²) in [5.41, 5.74) is 3.22. The first-order valence-corrected chi connectivity index (χ1v) is 6.45. The Morgan fingerprint density at radius 3 is 2.43 bits per heavy atom. The average molecular weight is 303 g/mol. The number of aromatic nitrogens is 1. The van der Waals surface area contributed by atoms with E-state index in [1.807, 2.05) is 0 Å². The van der Waals surface area contributed by atoms with Crippen molar-refractivity contribution in [1.29, 1.82) is 0 Å². The van der Waals surface area contributed by atoms with Crippen LogP contribution in [0.3, 0.4) is 0 Å². The van der Waals surface area contributed by atoms with Crippen molar-refractivity contribution in [2.75, 3.05) is 18.0 Å². The normalized spacial score (nSPS) is 18.6. The van der Waals surface area contributed by atoms with Crippen LogP contribution in [-0.2, 0) is 6.18 Å². The maximum Gasteiger partial charge on any atom is 0.433 e. The summed E-state index contributed by atoms with van der Waals surface area (Å²) < 4.78 is 38.3. The van der Waals surface area contributed by atoms with E-state index in [0.717, 1.165) is 12.1 Å². The largest absolute Gasteiger partial charge is 0.433 e. The van der Waals surface area contributed by atoms with E-state index in [0.29, 0.717) is 25.9 Å². The first kappa shape index (κ1) is 15.6. The van der Waals surface area contributed by atoms with Gasteiger partial charge in [-0.25, -0.2) is 4.98 Å². The topological polar surface area (TPSA) is 79.4 Å². The van der Waals surface area contributed by atoms with Crippen LogP contribution in [0, 0.1) is 0 Å². The molecule has 0 aromatic carbocycles. The molecule has 116 valence electrons. The lowest BCUT2D eigenvalue weighted by Gasteiger charge is -2.37. The van der Waals surface area contributed by atoms with Crippen molar-refractivity contribution >= 4 is 11.7 Å². The summed E-state index contributed by atoms with van der Waals surface area (Å²) in [6, 6.07) is 1.78. The van der Waals surface area contributed by atoms with Crippen LogP contribution < -0.4 is 10.6 Å². The van der Waals surface area contributed by atoms with Crippen molar-refractivity contribution in [3.63, 3.8) is 0 Å². The summed E-state index contributed by atoms with van der Waals surface area (Å²) in [6.07, 6.45) is -3.83. The third kappa shape index (κ3) is 3.44. The lowest BCUT2D eigenvalue weighted by Crippen LogP contribution is -2.43. The molecule has 21 heavy (non-hydrogen) atoms. The Kier molecular flexibility index (Phi) is 3.83. The minimum Gasteiger partial charge on any atom is -0.390 e. The molecule has 3 N–H and O–H groups in total. The van der Waals surface area contributed by atoms with Crippen LogP contribution >= 0.6 is 0 Å². The molecule has 1 aromatic heterocycles. The molecule has 0 radical (unpaired) electrons. The molecule has 0 aliphatic carbocycles. The zero-order valence-electron chi connectivity index (χ0n) is 11.4. The number of amides is 1. The van der Waals surface area contributed by atoms with Gasteiger partial charge in [0.1, 0.15) is 11.5 Å². The van der Waals surface area contributed by atoms with Crippen molar-refractivity contribution in [2.45, 2.75) is 31.5 Å². The summed E-state index contributed by atoms with van der Waals surface area (Å²) in [6.45, 7) is 2.28. The minimum absolute atomic E-state index is 0.0513. The highest BCUT2D eigenvalue weighted by Crippen LogP contribution is 2.32. The molecule has 0 unspecified atom stereocenters. The van der Waals surface area contributed by atoms with Crippen LogP contribution in [0.15, 0.2) is 12.1 Å². The Bertz CT molecular complexity index is 548. The number of anilines is 1. The van der Waals surface area contributed by atoms with Gasteiger partial charge in [0, 0.05) is 13.1 Å². The number of aliphatic hydroxyl groups is 1. The average Bonchev–Trinajstić information content (AvgIpc) is 2.37. The summed E-state index contributed by atoms with van der Waals surface area (Å²) >= 11 is 0. The van der Waals surface area contributed by atoms with Gasteiger partial charge in [0.25, 0.3) is 5.91 Å². The number of halogens is 3. The maximum atomic E-state index is 12.8. The van der Waals surface area contributed by atoms with Crippen LogP contribution in [0.2, 0.25) is 0 Å². The summed E-state index contributed by atoms with van der Waals surface area (Å²) in [5.74, 6) is -0.906. The van der Waals surface area contributed by atoms with E-state index in [4.69, 9.17) is 5.73 Å². The number of carbonyl (C=O) groups excluding carboxylic acids is 1. The fourth-order valence-electron chi connectivity index (χ4n) is 2.24. The fraction of sp³-hybridized carbons (Fsp3) is 0.538. The number of pyridine rings is 1. The summed E-state index contributed by atoms with van der Waals surface area (Å²) in [4.78, 5) is 16.5. The highest BCUT2D eigenvalue weighted by molar-refractivity contribution is 5.97. The lowest BCUT2D eigenvalue weighted by molar-refractivity contribution is -0.141. The van der Waals surface area contributed by atoms with Gasteiger partial charge in [0.15, 0.2) is 0 Å². The van der Waals surface area contributed by atoms with Crippen molar-refractivity contribution in [2.24, 2.45) is 5.73 Å². The number of nitrogens with two attached hydrogens (primary N) is 1. The Labute approximate surface area is 119 Å². The molecule has 1 aromatic rings. The zero-order valence-corrected chi connectivity index (χ0v) is 11.4. The Balaban J connectivity index is 2.38. The molecule has 5 nitrogen and oxygen atoms in total. The van der Waals surface area contributed by atoms with E-state index in [9.17, 15) is 23.1 Å². The van der Waals surface area contributed by atoms with Gasteiger partial charge in [-0.3, -0.25) is 4.79 Å². The van der Waals surface area contributed by atoms with Gasteiger partial charge in [0.2, 0.25) is 0 Å². The molecule has 1 aliphatic rings. The maximum absolute atomic E-state index is 12.8. The lowest BCUT2D eigenvalue weighted by atomic mass is 9.93. The second-order valence-corrected chi connectivity index (χ2v) is 5.41. The van der Waals surface area contributed by atoms with Crippen LogP contribution in [0.25, 0.3) is 0 Å². The number of rotatable bonds is 2. The number of primary amides is 1. The number of alkyl halides is 3. The van der Waals surface area contributed by atoms with Gasteiger partial charge in [-0.1, -0.05) is 0 Å². The first-order valence-electron chi connectivity index (χ1n) is 6.45. The molecule has 2 heterocycles. The molecule has 1 amide bonds. The highest BCUT2D eigenvalue weighted by atomic mass is 19.4. The van der Waals surface area contributed by atoms with Gasteiger partial charge in [-0.15, -0.1) is 0 Å². The smallest absolute Gasteiger partial charge is 0.390 e. The standard InChI is InChI=1S/C13H16F3N3O2/c1-12(21)4-6-19(7-5-12)11-8(10(17)20)2-3-9(18-11)13(14,15)16/h2-3,21H,4-7H2,1H3,(H2,17,20). The molecule has 8 heteroatoms. The molecule has 0 atom stereocenters. The molecule has 0 spiro atoms. The van der Waals surface area contributed by atoms with Gasteiger partial charge >= 0.3 is 6.18 Å². The Morgan fingerprint density at radius 2 is 1.95 bits per heavy atom. The van der Waals surface area contributed by atoms with Crippen molar-refractivity contribution < 1.29 is 23.1 Å². The predicted molar refractivity (Wildman–Crippen MR) is 69.8 cm³/mol. The van der Waals surface area contributed by atoms with Gasteiger partial charge in [0.05, 0.1) is 11.2 Å². The highest BCUT2D eigenvalue weighted by Gasteiger charge is 2.35. The molecular formula is C13H16F3N3O2. The molecular weight excluding hydrogens is 287 g/mol. The second kappa shape index (κ2) is 5.18. The van der Waals surface area contributed by atoms with Crippen molar-refractivity contribution in [3.8, 4) is 0 Å². The summed E-state index contributed by atoms with van der Waals surface area (Å²) in [7, 11) is 0. The van der Waals surface area contributed by atoms with Crippen molar-refractivity contribution in [3.05, 3.63) is 23.4 Å². The van der Waals surface area contributed by atoms with E-state index < -0.39 is 23.4 Å². The van der Waals surface area contributed by atoms with E-state index in [1.165, 1.54) is 0 Å². The minimum atomic E-state index is -4.59. The SMILES string of the molecule is CC1(O)CCN(c2nc(C(F)(F)F)ccc2C(N)=O)CC1. The second-order valence-electron chi connectivity index (χ2n) is 5.41. The van der Waals surface area contributed by atoms with Gasteiger partial charge < -0.3 is 15.7 Å². The molecule has 1 fully saturated rings. The first-order chi connectivity index (χ1) is 9.60. The Morgan fingerprint density at radius 1 is 1.38 bits per heavy atom.